The van der Waals surface area contributed by atoms with E-state index in [1.807, 2.05) is 0 Å². The Balaban J connectivity index is 0.000000810. The fourth-order valence-electron chi connectivity index (χ4n) is 0.743. The summed E-state index contributed by atoms with van der Waals surface area (Å²) in [6.07, 6.45) is 4.19. The fraction of sp³-hybridized carbons (Fsp3) is 0.375. The maximum Gasteiger partial charge on any atom is 0.169 e. The van der Waals surface area contributed by atoms with Gasteiger partial charge in [0.15, 0.2) is 12.4 Å². The monoisotopic (exact) mass is 141 g/mol. The lowest BCUT2D eigenvalue weighted by atomic mass is 10.3. The smallest absolute Gasteiger partial charge is 0.169 e. The average molecular weight is 141 g/mol. The predicted octanol–water partition coefficient (Wildman–Crippen LogP) is -1.69. The Morgan fingerprint density at radius 3 is 2.20 bits per heavy atom. The molecule has 0 amide bonds. The van der Waals surface area contributed by atoms with Gasteiger partial charge in [-0.05, 0) is 19.4 Å². The van der Waals surface area contributed by atoms with Crippen LogP contribution in [0, 0.1) is 6.92 Å². The lowest BCUT2D eigenvalue weighted by molar-refractivity contribution is -0.693. The molecule has 0 aliphatic rings. The molecule has 2 heteroatoms. The van der Waals surface area contributed by atoms with E-state index in [9.17, 15) is 0 Å². The highest BCUT2D eigenvalue weighted by molar-refractivity contribution is 5.02. The van der Waals surface area contributed by atoms with Gasteiger partial charge in [-0.3, -0.25) is 0 Å². The number of rotatable bonds is 1. The van der Waals surface area contributed by atoms with Crippen molar-refractivity contribution >= 4 is 0 Å². The fourth-order valence-corrected chi connectivity index (χ4v) is 0.743. The first-order valence-electron chi connectivity index (χ1n) is 3.28. The molecule has 0 aromatic carbocycles. The topological polar surface area (TPSA) is 3.88 Å². The normalized spacial score (nSPS) is 8.60. The Morgan fingerprint density at radius 1 is 1.30 bits per heavy atom. The second-order valence-corrected chi connectivity index (χ2v) is 2.21. The molecule has 56 valence electrons. The maximum absolute atomic E-state index is 2.15. The van der Waals surface area contributed by atoms with Crippen molar-refractivity contribution < 1.29 is 9.27 Å². The van der Waals surface area contributed by atoms with Gasteiger partial charge >= 0.3 is 0 Å². The molecule has 0 fully saturated rings. The molecule has 0 bridgehead atoms. The van der Waals surface area contributed by atoms with Gasteiger partial charge in [0.25, 0.3) is 0 Å². The number of aryl methyl sites for hydroxylation is 2. The summed E-state index contributed by atoms with van der Waals surface area (Å²) in [6, 6.07) is 4.23. The van der Waals surface area contributed by atoms with E-state index in [0.29, 0.717) is 0 Å². The highest BCUT2D eigenvalue weighted by Crippen LogP contribution is 1.88. The van der Waals surface area contributed by atoms with Crippen molar-refractivity contribution in [2.24, 2.45) is 0 Å². The Morgan fingerprint density at radius 2 is 1.80 bits per heavy atom. The van der Waals surface area contributed by atoms with Crippen molar-refractivity contribution in [3.8, 4) is 0 Å². The second kappa shape index (κ2) is 3.99. The highest BCUT2D eigenvalue weighted by atomic mass is 19.0. The molecule has 0 unspecified atom stereocenters. The number of aromatic nitrogens is 1. The minimum Gasteiger partial charge on any atom is -1.00 e. The third kappa shape index (κ3) is 2.13. The lowest BCUT2D eigenvalue weighted by Gasteiger charge is -1.89. The van der Waals surface area contributed by atoms with Crippen LogP contribution in [0.15, 0.2) is 24.5 Å². The Hall–Kier alpha value is -0.920. The highest BCUT2D eigenvalue weighted by Gasteiger charge is 1.90. The van der Waals surface area contributed by atoms with Gasteiger partial charge in [-0.1, -0.05) is 0 Å². The van der Waals surface area contributed by atoms with Gasteiger partial charge in [0, 0.05) is 12.1 Å². The molecule has 0 aliphatic heterocycles. The maximum atomic E-state index is 2.15. The van der Waals surface area contributed by atoms with E-state index in [4.69, 9.17) is 0 Å². The van der Waals surface area contributed by atoms with E-state index in [1.165, 1.54) is 5.56 Å². The molecule has 1 rings (SSSR count). The first-order chi connectivity index (χ1) is 4.33. The van der Waals surface area contributed by atoms with Crippen molar-refractivity contribution in [3.05, 3.63) is 30.1 Å². The van der Waals surface area contributed by atoms with Crippen LogP contribution in [0.2, 0.25) is 0 Å². The molecule has 0 radical (unpaired) electrons. The number of pyridine rings is 1. The standard InChI is InChI=1S/C8H12N.FH/c1-3-9-6-4-8(2)5-7-9;/h4-7H,3H2,1-2H3;1H/q+1;/p-1. The molecule has 0 saturated carbocycles. The van der Waals surface area contributed by atoms with Crippen LogP contribution in [0.3, 0.4) is 0 Å². The van der Waals surface area contributed by atoms with Gasteiger partial charge in [-0.25, -0.2) is 4.57 Å². The summed E-state index contributed by atoms with van der Waals surface area (Å²) < 4.78 is 2.15. The summed E-state index contributed by atoms with van der Waals surface area (Å²) in [6.45, 7) is 5.29. The molecule has 0 saturated heterocycles. The van der Waals surface area contributed by atoms with Crippen LogP contribution in [-0.4, -0.2) is 0 Å². The molecular formula is C8H12FN. The van der Waals surface area contributed by atoms with Crippen LogP contribution >= 0.6 is 0 Å². The number of halogens is 1. The Bertz CT molecular complexity index is 181. The summed E-state index contributed by atoms with van der Waals surface area (Å²) in [5, 5.41) is 0. The number of hydrogen-bond donors (Lipinski definition) is 0. The summed E-state index contributed by atoms with van der Waals surface area (Å²) in [7, 11) is 0. The molecule has 0 N–H and O–H groups in total. The SMILES string of the molecule is CC[n+]1ccc(C)cc1.[F-]. The van der Waals surface area contributed by atoms with Crippen LogP contribution in [-0.2, 0) is 6.54 Å². The van der Waals surface area contributed by atoms with Crippen molar-refractivity contribution in [2.75, 3.05) is 0 Å². The number of nitrogens with zero attached hydrogens (tertiary/aromatic N) is 1. The molecule has 0 aliphatic carbocycles. The van der Waals surface area contributed by atoms with Crippen molar-refractivity contribution in [1.29, 1.82) is 0 Å². The Labute approximate surface area is 60.7 Å². The van der Waals surface area contributed by atoms with Gasteiger partial charge in [0.1, 0.15) is 6.54 Å². The van der Waals surface area contributed by atoms with E-state index in [0.717, 1.165) is 6.54 Å². The summed E-state index contributed by atoms with van der Waals surface area (Å²) in [4.78, 5) is 0. The van der Waals surface area contributed by atoms with Gasteiger partial charge in [-0.15, -0.1) is 0 Å². The van der Waals surface area contributed by atoms with Crippen molar-refractivity contribution in [2.45, 2.75) is 20.4 Å². The zero-order chi connectivity index (χ0) is 6.69. The summed E-state index contributed by atoms with van der Waals surface area (Å²) in [5.74, 6) is 0. The average Bonchev–Trinajstić information content (AvgIpc) is 1.90. The molecule has 0 atom stereocenters. The molecular weight excluding hydrogens is 129 g/mol. The van der Waals surface area contributed by atoms with E-state index in [1.54, 1.807) is 0 Å². The third-order valence-corrected chi connectivity index (χ3v) is 1.42. The first-order valence-corrected chi connectivity index (χ1v) is 3.28. The van der Waals surface area contributed by atoms with Crippen LogP contribution < -0.4 is 9.27 Å². The predicted molar refractivity (Wildman–Crippen MR) is 37.0 cm³/mol. The number of hydrogen-bond acceptors (Lipinski definition) is 0. The molecule has 10 heavy (non-hydrogen) atoms. The third-order valence-electron chi connectivity index (χ3n) is 1.42. The van der Waals surface area contributed by atoms with Crippen molar-refractivity contribution in [3.63, 3.8) is 0 Å². The minimum absolute atomic E-state index is 0. The first kappa shape index (κ1) is 9.08. The summed E-state index contributed by atoms with van der Waals surface area (Å²) >= 11 is 0. The van der Waals surface area contributed by atoms with Crippen molar-refractivity contribution in [1.82, 2.24) is 0 Å². The summed E-state index contributed by atoms with van der Waals surface area (Å²) in [5.41, 5.74) is 1.32. The van der Waals surface area contributed by atoms with Gasteiger partial charge in [0.05, 0.1) is 0 Å². The molecule has 1 aromatic heterocycles. The second-order valence-electron chi connectivity index (χ2n) is 2.21. The van der Waals surface area contributed by atoms with Crippen LogP contribution in [0.5, 0.6) is 0 Å². The van der Waals surface area contributed by atoms with E-state index >= 15 is 0 Å². The van der Waals surface area contributed by atoms with Gasteiger partial charge in [0.2, 0.25) is 0 Å². The Kier molecular flexibility index (Phi) is 3.62. The largest absolute Gasteiger partial charge is 1.00 e. The van der Waals surface area contributed by atoms with Gasteiger partial charge < -0.3 is 4.70 Å². The van der Waals surface area contributed by atoms with Crippen LogP contribution in [0.1, 0.15) is 12.5 Å². The van der Waals surface area contributed by atoms with E-state index in [-0.39, 0.29) is 4.70 Å². The van der Waals surface area contributed by atoms with Gasteiger partial charge in [-0.2, -0.15) is 0 Å². The van der Waals surface area contributed by atoms with E-state index < -0.39 is 0 Å². The quantitative estimate of drug-likeness (QED) is 0.411. The van der Waals surface area contributed by atoms with Crippen LogP contribution in [0.4, 0.5) is 0 Å². The minimum atomic E-state index is 0. The lowest BCUT2D eigenvalue weighted by Crippen LogP contribution is -3.00. The zero-order valence-electron chi connectivity index (χ0n) is 6.34. The zero-order valence-corrected chi connectivity index (χ0v) is 6.34. The molecule has 1 aromatic rings. The van der Waals surface area contributed by atoms with Crippen LogP contribution in [0.25, 0.3) is 0 Å². The molecule has 1 nitrogen and oxygen atoms in total. The molecule has 0 spiro atoms. The molecule has 1 heterocycles. The van der Waals surface area contributed by atoms with E-state index in [2.05, 4.69) is 42.9 Å².